The van der Waals surface area contributed by atoms with Gasteiger partial charge in [-0.2, -0.15) is 0 Å². The molecule has 1 N–H and O–H groups in total. The van der Waals surface area contributed by atoms with E-state index in [4.69, 9.17) is 16.3 Å². The summed E-state index contributed by atoms with van der Waals surface area (Å²) in [7, 11) is 0. The Balaban J connectivity index is 1.77. The van der Waals surface area contributed by atoms with Gasteiger partial charge in [0.1, 0.15) is 5.75 Å². The third-order valence-electron chi connectivity index (χ3n) is 3.56. The number of nitrogens with one attached hydrogen (secondary N) is 1. The molecule has 4 heteroatoms. The molecule has 0 aliphatic heterocycles. The van der Waals surface area contributed by atoms with Crippen molar-refractivity contribution < 1.29 is 9.53 Å². The van der Waals surface area contributed by atoms with E-state index in [2.05, 4.69) is 5.32 Å². The Morgan fingerprint density at radius 3 is 2.52 bits per heavy atom. The molecular weight excluding hydrogens is 310 g/mol. The average Bonchev–Trinajstić information content (AvgIpc) is 2.57. The van der Waals surface area contributed by atoms with E-state index >= 15 is 0 Å². The molecule has 3 nitrogen and oxygen atoms in total. The van der Waals surface area contributed by atoms with Crippen molar-refractivity contribution in [2.45, 2.75) is 13.0 Å². The van der Waals surface area contributed by atoms with Gasteiger partial charge in [0.25, 0.3) is 5.91 Å². The predicted octanol–water partition coefficient (Wildman–Crippen LogP) is 4.90. The molecule has 0 saturated heterocycles. The molecular formula is C19H16ClNO2. The number of amides is 1. The zero-order chi connectivity index (χ0) is 16.2. The summed E-state index contributed by atoms with van der Waals surface area (Å²) in [5, 5.41) is 5.47. The Morgan fingerprint density at radius 1 is 1.00 bits per heavy atom. The Morgan fingerprint density at radius 2 is 1.70 bits per heavy atom. The van der Waals surface area contributed by atoms with Gasteiger partial charge in [-0.1, -0.05) is 60.1 Å². The molecule has 23 heavy (non-hydrogen) atoms. The molecule has 0 heterocycles. The van der Waals surface area contributed by atoms with Gasteiger partial charge in [0.15, 0.2) is 6.10 Å². The van der Waals surface area contributed by atoms with E-state index in [-0.39, 0.29) is 5.91 Å². The van der Waals surface area contributed by atoms with E-state index < -0.39 is 6.10 Å². The maximum absolute atomic E-state index is 12.4. The lowest BCUT2D eigenvalue weighted by atomic mass is 10.1. The van der Waals surface area contributed by atoms with Crippen LogP contribution in [-0.2, 0) is 4.79 Å². The number of hydrogen-bond acceptors (Lipinski definition) is 2. The monoisotopic (exact) mass is 325 g/mol. The van der Waals surface area contributed by atoms with Crippen LogP contribution >= 0.6 is 11.6 Å². The highest BCUT2D eigenvalue weighted by molar-refractivity contribution is 6.32. The van der Waals surface area contributed by atoms with Crippen molar-refractivity contribution in [2.75, 3.05) is 5.32 Å². The zero-order valence-electron chi connectivity index (χ0n) is 12.6. The fourth-order valence-electron chi connectivity index (χ4n) is 2.35. The molecule has 0 fully saturated rings. The van der Waals surface area contributed by atoms with E-state index in [1.165, 1.54) is 0 Å². The molecule has 0 aromatic heterocycles. The van der Waals surface area contributed by atoms with E-state index in [0.29, 0.717) is 10.8 Å². The molecule has 1 amide bonds. The standard InChI is InChI=1S/C19H16ClNO2/c1-13(23-18-12-5-4-10-16(18)20)19(22)21-17-11-6-8-14-7-2-3-9-15(14)17/h2-13H,1H3,(H,21,22). The minimum atomic E-state index is -0.658. The minimum absolute atomic E-state index is 0.221. The number of rotatable bonds is 4. The number of halogens is 1. The van der Waals surface area contributed by atoms with Crippen molar-refractivity contribution in [1.82, 2.24) is 0 Å². The van der Waals surface area contributed by atoms with Gasteiger partial charge < -0.3 is 10.1 Å². The molecule has 3 aromatic rings. The summed E-state index contributed by atoms with van der Waals surface area (Å²) in [5.41, 5.74) is 0.766. The maximum atomic E-state index is 12.4. The SMILES string of the molecule is CC(Oc1ccccc1Cl)C(=O)Nc1cccc2ccccc12. The van der Waals surface area contributed by atoms with Gasteiger partial charge in [0.2, 0.25) is 0 Å². The normalized spacial score (nSPS) is 11.9. The van der Waals surface area contributed by atoms with Gasteiger partial charge in [0.05, 0.1) is 5.02 Å². The van der Waals surface area contributed by atoms with Crippen molar-refractivity contribution >= 4 is 34.0 Å². The molecule has 1 unspecified atom stereocenters. The van der Waals surface area contributed by atoms with Crippen molar-refractivity contribution in [2.24, 2.45) is 0 Å². The number of anilines is 1. The Hall–Kier alpha value is -2.52. The van der Waals surface area contributed by atoms with Crippen LogP contribution in [0.15, 0.2) is 66.7 Å². The molecule has 0 spiro atoms. The van der Waals surface area contributed by atoms with Crippen LogP contribution in [0.3, 0.4) is 0 Å². The second kappa shape index (κ2) is 6.71. The van der Waals surface area contributed by atoms with Crippen LogP contribution in [0, 0.1) is 0 Å². The van der Waals surface area contributed by atoms with E-state index in [9.17, 15) is 4.79 Å². The number of hydrogen-bond donors (Lipinski definition) is 1. The third kappa shape index (κ3) is 3.46. The second-order valence-corrected chi connectivity index (χ2v) is 5.61. The van der Waals surface area contributed by atoms with Crippen LogP contribution in [0.25, 0.3) is 10.8 Å². The summed E-state index contributed by atoms with van der Waals surface area (Å²) in [5.74, 6) is 0.274. The van der Waals surface area contributed by atoms with E-state index in [0.717, 1.165) is 16.5 Å². The highest BCUT2D eigenvalue weighted by Gasteiger charge is 2.16. The van der Waals surface area contributed by atoms with Gasteiger partial charge in [-0.25, -0.2) is 0 Å². The lowest BCUT2D eigenvalue weighted by Gasteiger charge is -2.16. The zero-order valence-corrected chi connectivity index (χ0v) is 13.4. The minimum Gasteiger partial charge on any atom is -0.479 e. The first-order valence-corrected chi connectivity index (χ1v) is 7.73. The van der Waals surface area contributed by atoms with Crippen molar-refractivity contribution in [3.63, 3.8) is 0 Å². The Labute approximate surface area is 139 Å². The van der Waals surface area contributed by atoms with Gasteiger partial charge >= 0.3 is 0 Å². The topological polar surface area (TPSA) is 38.3 Å². The summed E-state index contributed by atoms with van der Waals surface area (Å²) < 4.78 is 5.65. The molecule has 0 radical (unpaired) electrons. The molecule has 3 aromatic carbocycles. The van der Waals surface area contributed by atoms with Crippen LogP contribution in [0.5, 0.6) is 5.75 Å². The third-order valence-corrected chi connectivity index (χ3v) is 3.87. The Bertz CT molecular complexity index is 842. The molecule has 0 aliphatic carbocycles. The van der Waals surface area contributed by atoms with Crippen molar-refractivity contribution in [3.05, 3.63) is 71.8 Å². The van der Waals surface area contributed by atoms with Crippen LogP contribution in [-0.4, -0.2) is 12.0 Å². The van der Waals surface area contributed by atoms with Crippen LogP contribution in [0.4, 0.5) is 5.69 Å². The first-order chi connectivity index (χ1) is 11.1. The molecule has 1 atom stereocenters. The number of benzene rings is 3. The Kier molecular flexibility index (Phi) is 4.49. The van der Waals surface area contributed by atoms with Crippen molar-refractivity contribution in [3.8, 4) is 5.75 Å². The molecule has 0 aliphatic rings. The van der Waals surface area contributed by atoms with Gasteiger partial charge in [-0.3, -0.25) is 4.79 Å². The molecule has 116 valence electrons. The van der Waals surface area contributed by atoms with Crippen molar-refractivity contribution in [1.29, 1.82) is 0 Å². The highest BCUT2D eigenvalue weighted by atomic mass is 35.5. The quantitative estimate of drug-likeness (QED) is 0.741. The van der Waals surface area contributed by atoms with E-state index in [1.807, 2.05) is 54.6 Å². The molecule has 0 bridgehead atoms. The first kappa shape index (κ1) is 15.4. The predicted molar refractivity (Wildman–Crippen MR) is 94.1 cm³/mol. The van der Waals surface area contributed by atoms with Crippen LogP contribution in [0.1, 0.15) is 6.92 Å². The van der Waals surface area contributed by atoms with Gasteiger partial charge in [-0.05, 0) is 30.5 Å². The summed E-state index contributed by atoms with van der Waals surface area (Å²) in [6.45, 7) is 1.70. The average molecular weight is 326 g/mol. The number of ether oxygens (including phenoxy) is 1. The number of para-hydroxylation sites is 1. The maximum Gasteiger partial charge on any atom is 0.265 e. The lowest BCUT2D eigenvalue weighted by molar-refractivity contribution is -0.122. The summed E-state index contributed by atoms with van der Waals surface area (Å²) in [6.07, 6.45) is -0.658. The molecule has 3 rings (SSSR count). The number of fused-ring (bicyclic) bond motifs is 1. The van der Waals surface area contributed by atoms with E-state index in [1.54, 1.807) is 19.1 Å². The number of carbonyl (C=O) groups excluding carboxylic acids is 1. The lowest BCUT2D eigenvalue weighted by Crippen LogP contribution is -2.30. The number of carbonyl (C=O) groups is 1. The fourth-order valence-corrected chi connectivity index (χ4v) is 2.53. The van der Waals surface area contributed by atoms with Gasteiger partial charge in [0, 0.05) is 11.1 Å². The summed E-state index contributed by atoms with van der Waals surface area (Å²) in [4.78, 5) is 12.4. The smallest absolute Gasteiger partial charge is 0.265 e. The molecule has 0 saturated carbocycles. The second-order valence-electron chi connectivity index (χ2n) is 5.21. The van der Waals surface area contributed by atoms with Crippen LogP contribution < -0.4 is 10.1 Å². The van der Waals surface area contributed by atoms with Gasteiger partial charge in [-0.15, -0.1) is 0 Å². The van der Waals surface area contributed by atoms with Crippen LogP contribution in [0.2, 0.25) is 5.02 Å². The highest BCUT2D eigenvalue weighted by Crippen LogP contribution is 2.26. The first-order valence-electron chi connectivity index (χ1n) is 7.35. The summed E-state index contributed by atoms with van der Waals surface area (Å²) >= 11 is 6.05. The largest absolute Gasteiger partial charge is 0.479 e. The summed E-state index contributed by atoms with van der Waals surface area (Å²) in [6, 6.07) is 20.8. The fraction of sp³-hybridized carbons (Fsp3) is 0.105.